The number of piperazine rings is 1. The molecule has 0 aliphatic carbocycles. The van der Waals surface area contributed by atoms with Crippen LogP contribution in [0.4, 0.5) is 11.6 Å². The predicted octanol–water partition coefficient (Wildman–Crippen LogP) is 0.644. The third-order valence-electron chi connectivity index (χ3n) is 3.63. The Morgan fingerprint density at radius 3 is 2.74 bits per heavy atom. The van der Waals surface area contributed by atoms with Crippen molar-refractivity contribution in [2.24, 2.45) is 0 Å². The lowest BCUT2D eigenvalue weighted by atomic mass is 9.98. The van der Waals surface area contributed by atoms with E-state index in [1.54, 1.807) is 0 Å². The molecule has 1 fully saturated rings. The zero-order chi connectivity index (χ0) is 14.2. The summed E-state index contributed by atoms with van der Waals surface area (Å²) in [6.45, 7) is 9.01. The van der Waals surface area contributed by atoms with E-state index in [9.17, 15) is 4.79 Å². The van der Waals surface area contributed by atoms with Gasteiger partial charge in [-0.1, -0.05) is 6.92 Å². The SMILES string of the molecule is CCc1nc(N)c(C)c(N2CCNC(=O)C2(C)C)n1. The van der Waals surface area contributed by atoms with Crippen LogP contribution in [0.25, 0.3) is 0 Å². The van der Waals surface area contributed by atoms with E-state index in [2.05, 4.69) is 15.3 Å². The van der Waals surface area contributed by atoms with Crippen molar-refractivity contribution in [1.29, 1.82) is 0 Å². The topological polar surface area (TPSA) is 84.1 Å². The number of nitrogens with two attached hydrogens (primary N) is 1. The van der Waals surface area contributed by atoms with Crippen LogP contribution in [0.5, 0.6) is 0 Å². The number of carbonyl (C=O) groups is 1. The van der Waals surface area contributed by atoms with E-state index in [-0.39, 0.29) is 5.91 Å². The molecule has 0 saturated carbocycles. The second-order valence-corrected chi connectivity index (χ2v) is 5.29. The number of hydrogen-bond acceptors (Lipinski definition) is 5. The van der Waals surface area contributed by atoms with E-state index in [0.29, 0.717) is 18.2 Å². The lowest BCUT2D eigenvalue weighted by Crippen LogP contribution is -2.62. The molecule has 1 amide bonds. The molecule has 1 saturated heterocycles. The van der Waals surface area contributed by atoms with E-state index in [1.165, 1.54) is 0 Å². The summed E-state index contributed by atoms with van der Waals surface area (Å²) in [6, 6.07) is 0. The molecule has 0 bridgehead atoms. The highest BCUT2D eigenvalue weighted by molar-refractivity contribution is 5.90. The summed E-state index contributed by atoms with van der Waals surface area (Å²) in [4.78, 5) is 22.8. The number of anilines is 2. The van der Waals surface area contributed by atoms with Gasteiger partial charge in [0.2, 0.25) is 5.91 Å². The van der Waals surface area contributed by atoms with E-state index < -0.39 is 5.54 Å². The Labute approximate surface area is 113 Å². The van der Waals surface area contributed by atoms with Crippen molar-refractivity contribution in [2.45, 2.75) is 39.7 Å². The standard InChI is InChI=1S/C13H21N5O/c1-5-9-16-10(14)8(2)11(17-9)18-7-6-15-12(19)13(18,3)4/h5-7H2,1-4H3,(H,15,19)(H2,14,16,17). The van der Waals surface area contributed by atoms with Crippen LogP contribution in [0.1, 0.15) is 32.2 Å². The fraction of sp³-hybridized carbons (Fsp3) is 0.615. The monoisotopic (exact) mass is 263 g/mol. The number of amides is 1. The lowest BCUT2D eigenvalue weighted by Gasteiger charge is -2.42. The summed E-state index contributed by atoms with van der Waals surface area (Å²) >= 11 is 0. The summed E-state index contributed by atoms with van der Waals surface area (Å²) in [7, 11) is 0. The van der Waals surface area contributed by atoms with Crippen LogP contribution >= 0.6 is 0 Å². The Bertz CT molecular complexity index is 512. The van der Waals surface area contributed by atoms with Crippen molar-refractivity contribution in [3.63, 3.8) is 0 Å². The first kappa shape index (κ1) is 13.6. The highest BCUT2D eigenvalue weighted by atomic mass is 16.2. The molecule has 1 aromatic heterocycles. The molecule has 0 unspecified atom stereocenters. The number of hydrogen-bond donors (Lipinski definition) is 2. The van der Waals surface area contributed by atoms with Crippen LogP contribution in [-0.4, -0.2) is 34.5 Å². The van der Waals surface area contributed by atoms with Gasteiger partial charge in [-0.3, -0.25) is 4.79 Å². The van der Waals surface area contributed by atoms with Crippen LogP contribution in [0.15, 0.2) is 0 Å². The molecule has 6 nitrogen and oxygen atoms in total. The zero-order valence-electron chi connectivity index (χ0n) is 11.9. The summed E-state index contributed by atoms with van der Waals surface area (Å²) in [5, 5.41) is 2.88. The quantitative estimate of drug-likeness (QED) is 0.818. The van der Waals surface area contributed by atoms with E-state index in [4.69, 9.17) is 5.73 Å². The molecular weight excluding hydrogens is 242 g/mol. The average Bonchev–Trinajstić information content (AvgIpc) is 2.36. The number of aryl methyl sites for hydroxylation is 1. The second kappa shape index (κ2) is 4.68. The molecule has 1 aromatic rings. The van der Waals surface area contributed by atoms with Gasteiger partial charge >= 0.3 is 0 Å². The van der Waals surface area contributed by atoms with Gasteiger partial charge in [-0.15, -0.1) is 0 Å². The van der Waals surface area contributed by atoms with Crippen molar-refractivity contribution in [3.8, 4) is 0 Å². The van der Waals surface area contributed by atoms with Gasteiger partial charge in [0.15, 0.2) is 0 Å². The molecule has 2 rings (SSSR count). The van der Waals surface area contributed by atoms with Crippen molar-refractivity contribution < 1.29 is 4.79 Å². The van der Waals surface area contributed by atoms with E-state index >= 15 is 0 Å². The fourth-order valence-corrected chi connectivity index (χ4v) is 2.26. The number of aromatic nitrogens is 2. The van der Waals surface area contributed by atoms with Crippen molar-refractivity contribution in [2.75, 3.05) is 23.7 Å². The largest absolute Gasteiger partial charge is 0.383 e. The number of carbonyl (C=O) groups excluding carboxylic acids is 1. The minimum Gasteiger partial charge on any atom is -0.383 e. The maximum Gasteiger partial charge on any atom is 0.245 e. The molecule has 0 atom stereocenters. The van der Waals surface area contributed by atoms with Gasteiger partial charge in [0, 0.05) is 25.1 Å². The van der Waals surface area contributed by atoms with E-state index in [0.717, 1.165) is 24.3 Å². The van der Waals surface area contributed by atoms with Gasteiger partial charge in [-0.05, 0) is 20.8 Å². The molecular formula is C13H21N5O. The molecule has 3 N–H and O–H groups in total. The summed E-state index contributed by atoms with van der Waals surface area (Å²) < 4.78 is 0. The zero-order valence-corrected chi connectivity index (χ0v) is 11.9. The first-order chi connectivity index (χ1) is 8.87. The van der Waals surface area contributed by atoms with Gasteiger partial charge in [-0.2, -0.15) is 0 Å². The smallest absolute Gasteiger partial charge is 0.245 e. The highest BCUT2D eigenvalue weighted by Gasteiger charge is 2.39. The molecule has 19 heavy (non-hydrogen) atoms. The maximum atomic E-state index is 12.0. The Balaban J connectivity index is 2.51. The van der Waals surface area contributed by atoms with Gasteiger partial charge in [0.05, 0.1) is 0 Å². The molecule has 6 heteroatoms. The molecule has 0 spiro atoms. The lowest BCUT2D eigenvalue weighted by molar-refractivity contribution is -0.126. The average molecular weight is 263 g/mol. The summed E-state index contributed by atoms with van der Waals surface area (Å²) in [6.07, 6.45) is 0.720. The van der Waals surface area contributed by atoms with Gasteiger partial charge < -0.3 is 16.0 Å². The van der Waals surface area contributed by atoms with Crippen LogP contribution in [0.2, 0.25) is 0 Å². The second-order valence-electron chi connectivity index (χ2n) is 5.29. The molecule has 1 aliphatic rings. The Kier molecular flexibility index (Phi) is 3.34. The maximum absolute atomic E-state index is 12.0. The van der Waals surface area contributed by atoms with Gasteiger partial charge in [0.25, 0.3) is 0 Å². The number of nitrogens with one attached hydrogen (secondary N) is 1. The number of rotatable bonds is 2. The number of nitrogens with zero attached hydrogens (tertiary/aromatic N) is 3. The fourth-order valence-electron chi connectivity index (χ4n) is 2.26. The summed E-state index contributed by atoms with van der Waals surface area (Å²) in [5.74, 6) is 1.97. The Hall–Kier alpha value is -1.85. The van der Waals surface area contributed by atoms with Crippen LogP contribution < -0.4 is 16.0 Å². The Morgan fingerprint density at radius 1 is 1.42 bits per heavy atom. The van der Waals surface area contributed by atoms with Gasteiger partial charge in [0.1, 0.15) is 23.0 Å². The van der Waals surface area contributed by atoms with Crippen molar-refractivity contribution in [1.82, 2.24) is 15.3 Å². The third kappa shape index (κ3) is 2.22. The predicted molar refractivity (Wildman–Crippen MR) is 75.0 cm³/mol. The van der Waals surface area contributed by atoms with Crippen LogP contribution in [-0.2, 0) is 11.2 Å². The minimum atomic E-state index is -0.630. The number of nitrogen functional groups attached to an aromatic ring is 1. The third-order valence-corrected chi connectivity index (χ3v) is 3.63. The first-order valence-electron chi connectivity index (χ1n) is 6.56. The van der Waals surface area contributed by atoms with E-state index in [1.807, 2.05) is 32.6 Å². The minimum absolute atomic E-state index is 0.00776. The van der Waals surface area contributed by atoms with Crippen molar-refractivity contribution in [3.05, 3.63) is 11.4 Å². The molecule has 2 heterocycles. The first-order valence-corrected chi connectivity index (χ1v) is 6.56. The molecule has 0 aromatic carbocycles. The summed E-state index contributed by atoms with van der Waals surface area (Å²) in [5.41, 5.74) is 6.15. The Morgan fingerprint density at radius 2 is 2.11 bits per heavy atom. The van der Waals surface area contributed by atoms with Crippen LogP contribution in [0.3, 0.4) is 0 Å². The highest BCUT2D eigenvalue weighted by Crippen LogP contribution is 2.29. The van der Waals surface area contributed by atoms with Crippen LogP contribution in [0, 0.1) is 6.92 Å². The molecule has 0 radical (unpaired) electrons. The molecule has 1 aliphatic heterocycles. The molecule has 104 valence electrons. The van der Waals surface area contributed by atoms with Crippen molar-refractivity contribution >= 4 is 17.5 Å². The van der Waals surface area contributed by atoms with Gasteiger partial charge in [-0.25, -0.2) is 9.97 Å². The normalized spacial score (nSPS) is 18.3.